The summed E-state index contributed by atoms with van der Waals surface area (Å²) in [5, 5.41) is 6.76. The van der Waals surface area contributed by atoms with E-state index in [9.17, 15) is 9.59 Å². The number of ether oxygens (including phenoxy) is 1. The summed E-state index contributed by atoms with van der Waals surface area (Å²) in [5.74, 6) is 0.337. The Labute approximate surface area is 145 Å². The lowest BCUT2D eigenvalue weighted by molar-refractivity contribution is 0.0526. The number of nitrogens with one attached hydrogen (secondary N) is 1. The van der Waals surface area contributed by atoms with Gasteiger partial charge in [0.15, 0.2) is 5.76 Å². The monoisotopic (exact) mass is 343 g/mol. The fraction of sp³-hybridized carbons (Fsp3) is 0.389. The lowest BCUT2D eigenvalue weighted by Gasteiger charge is -2.23. The van der Waals surface area contributed by atoms with Gasteiger partial charge in [-0.05, 0) is 51.0 Å². The topological polar surface area (TPSA) is 84.7 Å². The third-order valence-electron chi connectivity index (χ3n) is 4.14. The molecule has 7 nitrogen and oxygen atoms in total. The van der Waals surface area contributed by atoms with E-state index in [4.69, 9.17) is 9.26 Å². The first-order chi connectivity index (χ1) is 12.1. The molecule has 0 saturated carbocycles. The van der Waals surface area contributed by atoms with Crippen LogP contribution in [0.5, 0.6) is 0 Å². The number of rotatable bonds is 4. The number of likely N-dealkylation sites (tertiary alicyclic amines) is 1. The van der Waals surface area contributed by atoms with E-state index in [-0.39, 0.29) is 18.0 Å². The molecule has 1 unspecified atom stereocenters. The molecule has 1 aromatic carbocycles. The number of aryl methyl sites for hydroxylation is 1. The van der Waals surface area contributed by atoms with E-state index in [1.54, 1.807) is 36.1 Å². The maximum absolute atomic E-state index is 12.6. The molecule has 1 saturated heterocycles. The van der Waals surface area contributed by atoms with E-state index in [2.05, 4.69) is 10.5 Å². The average Bonchev–Trinajstić information content (AvgIpc) is 3.24. The number of benzene rings is 1. The Hall–Kier alpha value is -2.83. The van der Waals surface area contributed by atoms with Gasteiger partial charge in [-0.25, -0.2) is 9.59 Å². The molecule has 25 heavy (non-hydrogen) atoms. The van der Waals surface area contributed by atoms with Crippen molar-refractivity contribution in [3.63, 3.8) is 0 Å². The predicted molar refractivity (Wildman–Crippen MR) is 91.3 cm³/mol. The number of carbonyl (C=O) groups is 2. The number of aromatic nitrogens is 1. The molecule has 0 spiro atoms. The highest BCUT2D eigenvalue weighted by atomic mass is 16.5. The van der Waals surface area contributed by atoms with Crippen molar-refractivity contribution in [1.29, 1.82) is 0 Å². The van der Waals surface area contributed by atoms with Gasteiger partial charge in [-0.2, -0.15) is 0 Å². The van der Waals surface area contributed by atoms with Gasteiger partial charge in [0.1, 0.15) is 0 Å². The van der Waals surface area contributed by atoms with Gasteiger partial charge in [0, 0.05) is 18.3 Å². The third-order valence-corrected chi connectivity index (χ3v) is 4.14. The number of nitrogens with zero attached hydrogens (tertiary/aromatic N) is 2. The molecule has 132 valence electrons. The molecule has 0 aliphatic carbocycles. The minimum atomic E-state index is -0.374. The van der Waals surface area contributed by atoms with Gasteiger partial charge in [0.2, 0.25) is 0 Å². The normalized spacial score (nSPS) is 16.7. The molecule has 1 fully saturated rings. The summed E-state index contributed by atoms with van der Waals surface area (Å²) in [5.41, 5.74) is 1.88. The van der Waals surface area contributed by atoms with Crippen LogP contribution in [0.2, 0.25) is 0 Å². The summed E-state index contributed by atoms with van der Waals surface area (Å²) < 4.78 is 10.3. The van der Waals surface area contributed by atoms with Gasteiger partial charge in [0.25, 0.3) is 0 Å². The van der Waals surface area contributed by atoms with Crippen molar-refractivity contribution in [1.82, 2.24) is 10.1 Å². The summed E-state index contributed by atoms with van der Waals surface area (Å²) in [7, 11) is 0. The number of hydrogen-bond donors (Lipinski definition) is 1. The lowest BCUT2D eigenvalue weighted by Crippen LogP contribution is -2.34. The van der Waals surface area contributed by atoms with Gasteiger partial charge in [-0.3, -0.25) is 0 Å². The summed E-state index contributed by atoms with van der Waals surface area (Å²) in [6.07, 6.45) is 1.77. The summed E-state index contributed by atoms with van der Waals surface area (Å²) in [6.45, 7) is 4.61. The third kappa shape index (κ3) is 3.81. The van der Waals surface area contributed by atoms with Crippen molar-refractivity contribution < 1.29 is 18.8 Å². The number of urea groups is 1. The highest BCUT2D eigenvalue weighted by Gasteiger charge is 2.32. The standard InChI is InChI=1S/C18H21N3O4/c1-3-24-17(22)13-6-8-14(9-7-13)19-18(23)21-10-4-5-15(21)16-11-12(2)20-25-16/h6-9,11,15H,3-5,10H2,1-2H3,(H,19,23). The Kier molecular flexibility index (Phi) is 5.02. The number of amides is 2. The minimum Gasteiger partial charge on any atom is -0.462 e. The first-order valence-corrected chi connectivity index (χ1v) is 8.36. The quantitative estimate of drug-likeness (QED) is 0.859. The minimum absolute atomic E-state index is 0.0972. The Morgan fingerprint density at radius 2 is 2.12 bits per heavy atom. The number of hydrogen-bond acceptors (Lipinski definition) is 5. The van der Waals surface area contributed by atoms with E-state index >= 15 is 0 Å². The zero-order valence-electron chi connectivity index (χ0n) is 14.3. The first kappa shape index (κ1) is 17.0. The molecule has 2 heterocycles. The molecule has 1 atom stereocenters. The maximum Gasteiger partial charge on any atom is 0.338 e. The van der Waals surface area contributed by atoms with Crippen LogP contribution in [0.1, 0.15) is 47.6 Å². The van der Waals surface area contributed by atoms with Gasteiger partial charge in [-0.15, -0.1) is 0 Å². The Bertz CT molecular complexity index is 754. The van der Waals surface area contributed by atoms with Crippen LogP contribution >= 0.6 is 0 Å². The van der Waals surface area contributed by atoms with Crippen LogP contribution in [-0.2, 0) is 4.74 Å². The Morgan fingerprint density at radius 1 is 1.36 bits per heavy atom. The van der Waals surface area contributed by atoms with Crippen LogP contribution in [0.15, 0.2) is 34.9 Å². The van der Waals surface area contributed by atoms with Crippen LogP contribution in [0.3, 0.4) is 0 Å². The van der Waals surface area contributed by atoms with Crippen molar-refractivity contribution in [3.8, 4) is 0 Å². The summed E-state index contributed by atoms with van der Waals surface area (Å²) in [4.78, 5) is 26.0. The fourth-order valence-corrected chi connectivity index (χ4v) is 2.95. The van der Waals surface area contributed by atoms with E-state index in [1.807, 2.05) is 13.0 Å². The molecule has 3 rings (SSSR count). The second-order valence-electron chi connectivity index (χ2n) is 5.95. The average molecular weight is 343 g/mol. The number of carbonyl (C=O) groups excluding carboxylic acids is 2. The van der Waals surface area contributed by atoms with Crippen molar-refractivity contribution in [2.45, 2.75) is 32.7 Å². The first-order valence-electron chi connectivity index (χ1n) is 8.36. The zero-order valence-corrected chi connectivity index (χ0v) is 14.3. The molecule has 1 aliphatic rings. The smallest absolute Gasteiger partial charge is 0.338 e. The second-order valence-corrected chi connectivity index (χ2v) is 5.95. The largest absolute Gasteiger partial charge is 0.462 e. The van der Waals surface area contributed by atoms with Crippen LogP contribution in [0.25, 0.3) is 0 Å². The number of anilines is 1. The van der Waals surface area contributed by atoms with E-state index in [1.165, 1.54) is 0 Å². The van der Waals surface area contributed by atoms with Crippen LogP contribution < -0.4 is 5.32 Å². The summed E-state index contributed by atoms with van der Waals surface area (Å²) >= 11 is 0. The second kappa shape index (κ2) is 7.38. The van der Waals surface area contributed by atoms with Crippen LogP contribution in [0.4, 0.5) is 10.5 Å². The molecule has 1 N–H and O–H groups in total. The Morgan fingerprint density at radius 3 is 2.76 bits per heavy atom. The molecule has 0 radical (unpaired) electrons. The van der Waals surface area contributed by atoms with Crippen molar-refractivity contribution >= 4 is 17.7 Å². The molecule has 2 amide bonds. The Balaban J connectivity index is 1.66. The molecule has 0 bridgehead atoms. The molecule has 7 heteroatoms. The zero-order chi connectivity index (χ0) is 17.8. The van der Waals surface area contributed by atoms with Gasteiger partial charge in [-0.1, -0.05) is 5.16 Å². The lowest BCUT2D eigenvalue weighted by atomic mass is 10.1. The molecule has 2 aromatic rings. The van der Waals surface area contributed by atoms with Crippen LogP contribution in [-0.4, -0.2) is 35.2 Å². The summed E-state index contributed by atoms with van der Waals surface area (Å²) in [6, 6.07) is 8.22. The fourth-order valence-electron chi connectivity index (χ4n) is 2.95. The SMILES string of the molecule is CCOC(=O)c1ccc(NC(=O)N2CCCC2c2cc(C)no2)cc1. The van der Waals surface area contributed by atoms with Gasteiger partial charge >= 0.3 is 12.0 Å². The van der Waals surface area contributed by atoms with E-state index in [0.717, 1.165) is 18.5 Å². The molecular formula is C18H21N3O4. The van der Waals surface area contributed by atoms with Gasteiger partial charge < -0.3 is 19.5 Å². The highest BCUT2D eigenvalue weighted by molar-refractivity contribution is 5.92. The van der Waals surface area contributed by atoms with E-state index < -0.39 is 0 Å². The molecular weight excluding hydrogens is 322 g/mol. The van der Waals surface area contributed by atoms with Crippen LogP contribution in [0, 0.1) is 6.92 Å². The van der Waals surface area contributed by atoms with E-state index in [0.29, 0.717) is 30.2 Å². The van der Waals surface area contributed by atoms with Crippen molar-refractivity contribution in [2.24, 2.45) is 0 Å². The highest BCUT2D eigenvalue weighted by Crippen LogP contribution is 2.32. The number of esters is 1. The predicted octanol–water partition coefficient (Wildman–Crippen LogP) is 3.53. The molecule has 1 aliphatic heterocycles. The van der Waals surface area contributed by atoms with Crippen molar-refractivity contribution in [2.75, 3.05) is 18.5 Å². The van der Waals surface area contributed by atoms with Gasteiger partial charge in [0.05, 0.1) is 23.9 Å². The molecule has 1 aromatic heterocycles. The maximum atomic E-state index is 12.6. The van der Waals surface area contributed by atoms with Crippen molar-refractivity contribution in [3.05, 3.63) is 47.3 Å².